The van der Waals surface area contributed by atoms with Crippen LogP contribution in [0.3, 0.4) is 0 Å². The molecular formula is C12H20N2. The highest BCUT2D eigenvalue weighted by atomic mass is 14.9. The predicted molar refractivity (Wildman–Crippen MR) is 62.9 cm³/mol. The molecule has 14 heavy (non-hydrogen) atoms. The Balaban J connectivity index is 2.39. The molecule has 0 amide bonds. The fraction of sp³-hybridized carbons (Fsp3) is 0.500. The van der Waals surface area contributed by atoms with Gasteiger partial charge in [0.05, 0.1) is 0 Å². The number of anilines is 1. The second kappa shape index (κ2) is 5.66. The van der Waals surface area contributed by atoms with E-state index < -0.39 is 0 Å². The maximum absolute atomic E-state index is 3.41. The summed E-state index contributed by atoms with van der Waals surface area (Å²) in [6.45, 7) is 6.38. The highest BCUT2D eigenvalue weighted by molar-refractivity contribution is 5.47. The molecule has 0 bridgehead atoms. The van der Waals surface area contributed by atoms with Gasteiger partial charge in [-0.15, -0.1) is 0 Å². The molecule has 2 heteroatoms. The zero-order valence-corrected chi connectivity index (χ0v) is 9.35. The Morgan fingerprint density at radius 3 is 2.50 bits per heavy atom. The molecule has 1 aromatic carbocycles. The molecule has 0 aliphatic rings. The van der Waals surface area contributed by atoms with E-state index in [4.69, 9.17) is 0 Å². The molecular weight excluding hydrogens is 172 g/mol. The number of nitrogens with one attached hydrogen (secondary N) is 2. The fourth-order valence-electron chi connectivity index (χ4n) is 1.35. The Morgan fingerprint density at radius 2 is 1.86 bits per heavy atom. The molecule has 0 aliphatic carbocycles. The van der Waals surface area contributed by atoms with E-state index in [1.54, 1.807) is 0 Å². The average molecular weight is 192 g/mol. The van der Waals surface area contributed by atoms with Crippen molar-refractivity contribution in [3.63, 3.8) is 0 Å². The van der Waals surface area contributed by atoms with Crippen molar-refractivity contribution in [2.45, 2.75) is 20.3 Å². The van der Waals surface area contributed by atoms with Crippen LogP contribution in [-0.2, 0) is 0 Å². The monoisotopic (exact) mass is 192 g/mol. The second-order valence-corrected chi connectivity index (χ2v) is 3.68. The van der Waals surface area contributed by atoms with Crippen molar-refractivity contribution in [2.24, 2.45) is 0 Å². The standard InChI is InChI=1S/C12H20N2/c1-10-5-6-12(9-11(10)2)14-8-4-7-13-3/h5-6,9,13-14H,4,7-8H2,1-3H3. The number of rotatable bonds is 5. The summed E-state index contributed by atoms with van der Waals surface area (Å²) in [5.41, 5.74) is 3.93. The largest absolute Gasteiger partial charge is 0.385 e. The van der Waals surface area contributed by atoms with Crippen molar-refractivity contribution in [2.75, 3.05) is 25.5 Å². The van der Waals surface area contributed by atoms with Gasteiger partial charge in [0.15, 0.2) is 0 Å². The minimum absolute atomic E-state index is 1.03. The first-order chi connectivity index (χ1) is 6.74. The van der Waals surface area contributed by atoms with Crippen molar-refractivity contribution < 1.29 is 0 Å². The van der Waals surface area contributed by atoms with E-state index in [1.807, 2.05) is 7.05 Å². The first-order valence-corrected chi connectivity index (χ1v) is 5.20. The summed E-state index contributed by atoms with van der Waals surface area (Å²) in [6.07, 6.45) is 1.16. The van der Waals surface area contributed by atoms with E-state index in [0.29, 0.717) is 0 Å². The van der Waals surface area contributed by atoms with Crippen LogP contribution in [0.15, 0.2) is 18.2 Å². The lowest BCUT2D eigenvalue weighted by Gasteiger charge is -2.08. The SMILES string of the molecule is CNCCCNc1ccc(C)c(C)c1. The molecule has 0 fully saturated rings. The van der Waals surface area contributed by atoms with Gasteiger partial charge in [-0.3, -0.25) is 0 Å². The number of aryl methyl sites for hydroxylation is 2. The molecule has 1 rings (SSSR count). The molecule has 2 nitrogen and oxygen atoms in total. The van der Waals surface area contributed by atoms with Crippen LogP contribution in [0.4, 0.5) is 5.69 Å². The molecule has 0 spiro atoms. The lowest BCUT2D eigenvalue weighted by Crippen LogP contribution is -2.12. The van der Waals surface area contributed by atoms with Gasteiger partial charge in [0.25, 0.3) is 0 Å². The molecule has 2 N–H and O–H groups in total. The van der Waals surface area contributed by atoms with Gasteiger partial charge in [0.1, 0.15) is 0 Å². The Kier molecular flexibility index (Phi) is 4.47. The molecule has 0 atom stereocenters. The summed E-state index contributed by atoms with van der Waals surface area (Å²) in [4.78, 5) is 0. The van der Waals surface area contributed by atoms with E-state index in [-0.39, 0.29) is 0 Å². The second-order valence-electron chi connectivity index (χ2n) is 3.68. The van der Waals surface area contributed by atoms with Crippen LogP contribution < -0.4 is 10.6 Å². The Hall–Kier alpha value is -1.02. The third-order valence-corrected chi connectivity index (χ3v) is 2.44. The van der Waals surface area contributed by atoms with Gasteiger partial charge in [0, 0.05) is 12.2 Å². The van der Waals surface area contributed by atoms with E-state index in [9.17, 15) is 0 Å². The molecule has 0 aromatic heterocycles. The Morgan fingerprint density at radius 1 is 1.07 bits per heavy atom. The summed E-state index contributed by atoms with van der Waals surface area (Å²) >= 11 is 0. The maximum Gasteiger partial charge on any atom is 0.0343 e. The lowest BCUT2D eigenvalue weighted by atomic mass is 10.1. The van der Waals surface area contributed by atoms with Gasteiger partial charge in [-0.25, -0.2) is 0 Å². The summed E-state index contributed by atoms with van der Waals surface area (Å²) < 4.78 is 0. The van der Waals surface area contributed by atoms with Gasteiger partial charge in [-0.2, -0.15) is 0 Å². The molecule has 0 aliphatic heterocycles. The van der Waals surface area contributed by atoms with Crippen LogP contribution in [-0.4, -0.2) is 20.1 Å². The Bertz CT molecular complexity index is 282. The van der Waals surface area contributed by atoms with Gasteiger partial charge in [0.2, 0.25) is 0 Å². The van der Waals surface area contributed by atoms with Gasteiger partial charge in [-0.05, 0) is 57.1 Å². The zero-order chi connectivity index (χ0) is 10.4. The van der Waals surface area contributed by atoms with Gasteiger partial charge < -0.3 is 10.6 Å². The molecule has 1 aromatic rings. The van der Waals surface area contributed by atoms with Gasteiger partial charge in [-0.1, -0.05) is 6.07 Å². The lowest BCUT2D eigenvalue weighted by molar-refractivity contribution is 0.748. The van der Waals surface area contributed by atoms with E-state index in [2.05, 4.69) is 42.7 Å². The van der Waals surface area contributed by atoms with Crippen molar-refractivity contribution in [1.82, 2.24) is 5.32 Å². The topological polar surface area (TPSA) is 24.1 Å². The van der Waals surface area contributed by atoms with Crippen molar-refractivity contribution in [3.8, 4) is 0 Å². The molecule has 0 saturated carbocycles. The normalized spacial score (nSPS) is 10.2. The highest BCUT2D eigenvalue weighted by Gasteiger charge is 1.94. The molecule has 78 valence electrons. The van der Waals surface area contributed by atoms with Crippen LogP contribution in [0.25, 0.3) is 0 Å². The van der Waals surface area contributed by atoms with Crippen molar-refractivity contribution in [1.29, 1.82) is 0 Å². The van der Waals surface area contributed by atoms with Crippen molar-refractivity contribution in [3.05, 3.63) is 29.3 Å². The predicted octanol–water partition coefficient (Wildman–Crippen LogP) is 2.32. The van der Waals surface area contributed by atoms with Crippen LogP contribution in [0.5, 0.6) is 0 Å². The smallest absolute Gasteiger partial charge is 0.0343 e. The summed E-state index contributed by atoms with van der Waals surface area (Å²) in [6, 6.07) is 6.51. The third kappa shape index (κ3) is 3.38. The first kappa shape index (κ1) is 11.1. The minimum atomic E-state index is 1.03. The molecule has 0 unspecified atom stereocenters. The van der Waals surface area contributed by atoms with Crippen molar-refractivity contribution >= 4 is 5.69 Å². The average Bonchev–Trinajstić information content (AvgIpc) is 2.18. The van der Waals surface area contributed by atoms with Crippen LogP contribution in [0, 0.1) is 13.8 Å². The van der Waals surface area contributed by atoms with Crippen LogP contribution in [0.1, 0.15) is 17.5 Å². The molecule has 0 saturated heterocycles. The summed E-state index contributed by atoms with van der Waals surface area (Å²) in [5.74, 6) is 0. The quantitative estimate of drug-likeness (QED) is 0.700. The number of benzene rings is 1. The van der Waals surface area contributed by atoms with E-state index in [1.165, 1.54) is 16.8 Å². The van der Waals surface area contributed by atoms with Crippen LogP contribution >= 0.6 is 0 Å². The maximum atomic E-state index is 3.41. The van der Waals surface area contributed by atoms with Gasteiger partial charge >= 0.3 is 0 Å². The summed E-state index contributed by atoms with van der Waals surface area (Å²) in [5, 5.41) is 6.54. The van der Waals surface area contributed by atoms with E-state index in [0.717, 1.165) is 19.5 Å². The number of hydrogen-bond acceptors (Lipinski definition) is 2. The van der Waals surface area contributed by atoms with Crippen LogP contribution in [0.2, 0.25) is 0 Å². The molecule has 0 heterocycles. The third-order valence-electron chi connectivity index (χ3n) is 2.44. The molecule has 0 radical (unpaired) electrons. The first-order valence-electron chi connectivity index (χ1n) is 5.20. The minimum Gasteiger partial charge on any atom is -0.385 e. The van der Waals surface area contributed by atoms with E-state index >= 15 is 0 Å². The number of hydrogen-bond donors (Lipinski definition) is 2. The Labute approximate surface area is 86.7 Å². The fourth-order valence-corrected chi connectivity index (χ4v) is 1.35. The highest BCUT2D eigenvalue weighted by Crippen LogP contribution is 2.13. The summed E-state index contributed by atoms with van der Waals surface area (Å²) in [7, 11) is 1.98. The zero-order valence-electron chi connectivity index (χ0n) is 9.35.